The minimum absolute atomic E-state index is 0.0584. The Morgan fingerprint density at radius 2 is 2.32 bits per heavy atom. The number of hydrogen-bond donors (Lipinski definition) is 0. The van der Waals surface area contributed by atoms with Crippen molar-refractivity contribution in [1.29, 1.82) is 0 Å². The summed E-state index contributed by atoms with van der Waals surface area (Å²) >= 11 is 3.36. The predicted molar refractivity (Wildman–Crippen MR) is 74.5 cm³/mol. The standard InChI is InChI=1S/C14H17BrO4/c1-14(2)18-9-11(19-14)6-7-17-12-5-3-4-10(8-16)13(12)15/h3-5,8,11H,6-7,9H2,1-2H3/t11-/m0/s1. The first-order valence-electron chi connectivity index (χ1n) is 6.20. The van der Waals surface area contributed by atoms with Crippen LogP contribution in [0.3, 0.4) is 0 Å². The fourth-order valence-electron chi connectivity index (χ4n) is 1.94. The molecule has 1 atom stereocenters. The molecule has 19 heavy (non-hydrogen) atoms. The van der Waals surface area contributed by atoms with Crippen LogP contribution in [0.5, 0.6) is 5.75 Å². The average molecular weight is 329 g/mol. The zero-order valence-corrected chi connectivity index (χ0v) is 12.6. The van der Waals surface area contributed by atoms with E-state index in [0.717, 1.165) is 12.7 Å². The maximum absolute atomic E-state index is 10.8. The van der Waals surface area contributed by atoms with E-state index in [-0.39, 0.29) is 6.10 Å². The fraction of sp³-hybridized carbons (Fsp3) is 0.500. The van der Waals surface area contributed by atoms with Gasteiger partial charge in [-0.15, -0.1) is 0 Å². The molecule has 1 aliphatic rings. The first-order valence-corrected chi connectivity index (χ1v) is 6.99. The van der Waals surface area contributed by atoms with Crippen molar-refractivity contribution in [2.75, 3.05) is 13.2 Å². The Balaban J connectivity index is 1.85. The molecule has 5 heteroatoms. The first kappa shape index (κ1) is 14.5. The summed E-state index contributed by atoms with van der Waals surface area (Å²) in [5.74, 6) is 0.172. The highest BCUT2D eigenvalue weighted by molar-refractivity contribution is 9.10. The van der Waals surface area contributed by atoms with Crippen molar-refractivity contribution in [2.24, 2.45) is 0 Å². The molecule has 4 nitrogen and oxygen atoms in total. The van der Waals surface area contributed by atoms with E-state index < -0.39 is 5.79 Å². The summed E-state index contributed by atoms with van der Waals surface area (Å²) in [5, 5.41) is 0. The molecular formula is C14H17BrO4. The van der Waals surface area contributed by atoms with Gasteiger partial charge in [0.25, 0.3) is 0 Å². The van der Waals surface area contributed by atoms with Crippen molar-refractivity contribution in [3.8, 4) is 5.75 Å². The Bertz CT molecular complexity index is 459. The monoisotopic (exact) mass is 328 g/mol. The molecular weight excluding hydrogens is 312 g/mol. The van der Waals surface area contributed by atoms with Crippen LogP contribution >= 0.6 is 15.9 Å². The van der Waals surface area contributed by atoms with E-state index in [0.29, 0.717) is 29.0 Å². The number of aldehydes is 1. The second kappa shape index (κ2) is 6.03. The van der Waals surface area contributed by atoms with Crippen molar-refractivity contribution in [2.45, 2.75) is 32.2 Å². The van der Waals surface area contributed by atoms with Crippen molar-refractivity contribution >= 4 is 22.2 Å². The van der Waals surface area contributed by atoms with Crippen LogP contribution in [0.2, 0.25) is 0 Å². The third kappa shape index (κ3) is 3.78. The highest BCUT2D eigenvalue weighted by atomic mass is 79.9. The summed E-state index contributed by atoms with van der Waals surface area (Å²) in [6.45, 7) is 4.91. The Kier molecular flexibility index (Phi) is 4.60. The van der Waals surface area contributed by atoms with Crippen LogP contribution in [-0.4, -0.2) is 31.4 Å². The highest BCUT2D eigenvalue weighted by Crippen LogP contribution is 2.28. The van der Waals surface area contributed by atoms with Gasteiger partial charge in [-0.25, -0.2) is 0 Å². The van der Waals surface area contributed by atoms with Crippen molar-refractivity contribution in [3.05, 3.63) is 28.2 Å². The Morgan fingerprint density at radius 3 is 2.95 bits per heavy atom. The highest BCUT2D eigenvalue weighted by Gasteiger charge is 2.32. The maximum atomic E-state index is 10.8. The number of ether oxygens (including phenoxy) is 3. The first-order chi connectivity index (χ1) is 9.02. The Labute approximate surface area is 121 Å². The van der Waals surface area contributed by atoms with Gasteiger partial charge in [0.15, 0.2) is 12.1 Å². The van der Waals surface area contributed by atoms with Crippen LogP contribution in [0.25, 0.3) is 0 Å². The van der Waals surface area contributed by atoms with E-state index in [4.69, 9.17) is 14.2 Å². The average Bonchev–Trinajstić information content (AvgIpc) is 2.71. The van der Waals surface area contributed by atoms with Crippen LogP contribution in [-0.2, 0) is 9.47 Å². The summed E-state index contributed by atoms with van der Waals surface area (Å²) in [4.78, 5) is 10.8. The SMILES string of the molecule is CC1(C)OC[C@H](CCOc2cccc(C=O)c2Br)O1. The molecule has 1 saturated heterocycles. The number of rotatable bonds is 5. The summed E-state index contributed by atoms with van der Waals surface area (Å²) < 4.78 is 17.5. The molecule has 0 aromatic heterocycles. The van der Waals surface area contributed by atoms with Crippen LogP contribution < -0.4 is 4.74 Å². The normalized spacial score (nSPS) is 21.3. The second-order valence-electron chi connectivity index (χ2n) is 4.87. The molecule has 0 bridgehead atoms. The molecule has 2 rings (SSSR count). The van der Waals surface area contributed by atoms with Gasteiger partial charge in [-0.05, 0) is 35.8 Å². The van der Waals surface area contributed by atoms with Gasteiger partial charge in [0.2, 0.25) is 0 Å². The molecule has 104 valence electrons. The Hall–Kier alpha value is -0.910. The van der Waals surface area contributed by atoms with Crippen LogP contribution in [0.1, 0.15) is 30.6 Å². The third-order valence-electron chi connectivity index (χ3n) is 2.88. The number of benzene rings is 1. The van der Waals surface area contributed by atoms with E-state index in [1.165, 1.54) is 0 Å². The van der Waals surface area contributed by atoms with Gasteiger partial charge >= 0.3 is 0 Å². The smallest absolute Gasteiger partial charge is 0.163 e. The van der Waals surface area contributed by atoms with Gasteiger partial charge in [-0.1, -0.05) is 12.1 Å². The fourth-order valence-corrected chi connectivity index (χ4v) is 2.41. The van der Waals surface area contributed by atoms with E-state index in [1.807, 2.05) is 19.9 Å². The van der Waals surface area contributed by atoms with E-state index in [9.17, 15) is 4.79 Å². The van der Waals surface area contributed by atoms with Crippen molar-refractivity contribution < 1.29 is 19.0 Å². The summed E-state index contributed by atoms with van der Waals surface area (Å²) in [5.41, 5.74) is 0.582. The molecule has 1 aliphatic heterocycles. The van der Waals surface area contributed by atoms with Gasteiger partial charge in [0.1, 0.15) is 5.75 Å². The summed E-state index contributed by atoms with van der Waals surface area (Å²) in [6, 6.07) is 5.36. The van der Waals surface area contributed by atoms with E-state index >= 15 is 0 Å². The van der Waals surface area contributed by atoms with E-state index in [1.54, 1.807) is 12.1 Å². The number of halogens is 1. The molecule has 1 fully saturated rings. The Morgan fingerprint density at radius 1 is 1.53 bits per heavy atom. The molecule has 0 aliphatic carbocycles. The second-order valence-corrected chi connectivity index (χ2v) is 5.66. The lowest BCUT2D eigenvalue weighted by atomic mass is 10.2. The molecule has 0 radical (unpaired) electrons. The lowest BCUT2D eigenvalue weighted by Gasteiger charge is -2.17. The molecule has 1 heterocycles. The quantitative estimate of drug-likeness (QED) is 0.779. The van der Waals surface area contributed by atoms with Gasteiger partial charge < -0.3 is 14.2 Å². The topological polar surface area (TPSA) is 44.8 Å². The third-order valence-corrected chi connectivity index (χ3v) is 3.73. The molecule has 1 aromatic carbocycles. The predicted octanol–water partition coefficient (Wildman–Crippen LogP) is 3.18. The minimum atomic E-state index is -0.497. The van der Waals surface area contributed by atoms with Crippen molar-refractivity contribution in [1.82, 2.24) is 0 Å². The zero-order chi connectivity index (χ0) is 13.9. The van der Waals surface area contributed by atoms with Crippen LogP contribution in [0.15, 0.2) is 22.7 Å². The van der Waals surface area contributed by atoms with Crippen LogP contribution in [0, 0.1) is 0 Å². The number of carbonyl (C=O) groups is 1. The molecule has 0 amide bonds. The van der Waals surface area contributed by atoms with Gasteiger partial charge in [0, 0.05) is 12.0 Å². The van der Waals surface area contributed by atoms with Gasteiger partial charge in [0.05, 0.1) is 23.8 Å². The van der Waals surface area contributed by atoms with Crippen LogP contribution in [0.4, 0.5) is 0 Å². The number of carbonyl (C=O) groups excluding carboxylic acids is 1. The van der Waals surface area contributed by atoms with Gasteiger partial charge in [-0.2, -0.15) is 0 Å². The number of hydrogen-bond acceptors (Lipinski definition) is 4. The zero-order valence-electron chi connectivity index (χ0n) is 11.0. The lowest BCUT2D eigenvalue weighted by Crippen LogP contribution is -2.22. The minimum Gasteiger partial charge on any atom is -0.492 e. The van der Waals surface area contributed by atoms with Crippen molar-refractivity contribution in [3.63, 3.8) is 0 Å². The van der Waals surface area contributed by atoms with Gasteiger partial charge in [-0.3, -0.25) is 4.79 Å². The summed E-state index contributed by atoms with van der Waals surface area (Å²) in [7, 11) is 0. The lowest BCUT2D eigenvalue weighted by molar-refractivity contribution is -0.139. The summed E-state index contributed by atoms with van der Waals surface area (Å²) in [6.07, 6.45) is 1.61. The van der Waals surface area contributed by atoms with E-state index in [2.05, 4.69) is 15.9 Å². The molecule has 1 aromatic rings. The maximum Gasteiger partial charge on any atom is 0.163 e. The largest absolute Gasteiger partial charge is 0.492 e. The molecule has 0 unspecified atom stereocenters. The molecule has 0 saturated carbocycles. The molecule has 0 N–H and O–H groups in total. The molecule has 0 spiro atoms.